The molecule has 0 fully saturated rings. The summed E-state index contributed by atoms with van der Waals surface area (Å²) >= 11 is 0. The van der Waals surface area contributed by atoms with Crippen LogP contribution in [0.3, 0.4) is 0 Å². The quantitative estimate of drug-likeness (QED) is 0.356. The molecule has 4 nitrogen and oxygen atoms in total. The smallest absolute Gasteiger partial charge is 0.409 e. The van der Waals surface area contributed by atoms with E-state index >= 15 is 0 Å². The Balaban J connectivity index is 3.01. The van der Waals surface area contributed by atoms with Crippen molar-refractivity contribution >= 4 is 5.84 Å². The zero-order valence-corrected chi connectivity index (χ0v) is 8.25. The molecule has 0 radical (unpaired) electrons. The molecular weight excluding hydrogens is 225 g/mol. The second-order valence-corrected chi connectivity index (χ2v) is 3.01. The Morgan fingerprint density at radius 3 is 2.50 bits per heavy atom. The van der Waals surface area contributed by atoms with E-state index in [2.05, 4.69) is 9.89 Å². The number of rotatable bonds is 2. The summed E-state index contributed by atoms with van der Waals surface area (Å²) < 4.78 is 39.6. The van der Waals surface area contributed by atoms with Crippen molar-refractivity contribution in [1.29, 1.82) is 0 Å². The molecule has 0 saturated carbocycles. The Bertz CT molecular complexity index is 416. The summed E-state index contributed by atoms with van der Waals surface area (Å²) in [6, 6.07) is 3.70. The second kappa shape index (κ2) is 4.30. The summed E-state index contributed by atoms with van der Waals surface area (Å²) in [7, 11) is 0. The average molecular weight is 234 g/mol. The van der Waals surface area contributed by atoms with E-state index in [9.17, 15) is 13.2 Å². The Hall–Kier alpha value is -1.92. The van der Waals surface area contributed by atoms with Gasteiger partial charge in [-0.25, -0.2) is 0 Å². The molecule has 0 spiro atoms. The van der Waals surface area contributed by atoms with Gasteiger partial charge in [0.1, 0.15) is 5.75 Å². The summed E-state index contributed by atoms with van der Waals surface area (Å²) in [5.74, 6) is -0.497. The van der Waals surface area contributed by atoms with Crippen molar-refractivity contribution in [3.8, 4) is 5.75 Å². The van der Waals surface area contributed by atoms with Crippen LogP contribution in [0.4, 0.5) is 13.2 Å². The third-order valence-electron chi connectivity index (χ3n) is 1.80. The standard InChI is InChI=1S/C9H9F3N2O2/c1-5-4-6(8(13)14-15)2-3-7(5)16-9(10,11)12/h2-4,15H,1H3,(H2,13,14). The van der Waals surface area contributed by atoms with E-state index in [0.717, 1.165) is 6.07 Å². The molecule has 0 aliphatic heterocycles. The molecule has 0 bridgehead atoms. The number of amidine groups is 1. The van der Waals surface area contributed by atoms with E-state index < -0.39 is 6.36 Å². The third-order valence-corrected chi connectivity index (χ3v) is 1.80. The normalized spacial score (nSPS) is 12.6. The van der Waals surface area contributed by atoms with Gasteiger partial charge in [-0.3, -0.25) is 0 Å². The van der Waals surface area contributed by atoms with Gasteiger partial charge >= 0.3 is 6.36 Å². The van der Waals surface area contributed by atoms with E-state index in [-0.39, 0.29) is 17.1 Å². The Kier molecular flexibility index (Phi) is 3.26. The van der Waals surface area contributed by atoms with Crippen molar-refractivity contribution in [3.63, 3.8) is 0 Å². The number of oxime groups is 1. The minimum atomic E-state index is -4.73. The topological polar surface area (TPSA) is 67.8 Å². The molecular formula is C9H9F3N2O2. The first kappa shape index (κ1) is 12.2. The molecule has 0 amide bonds. The minimum absolute atomic E-state index is 0.179. The molecule has 0 aliphatic carbocycles. The zero-order valence-electron chi connectivity index (χ0n) is 8.25. The van der Waals surface area contributed by atoms with Crippen LogP contribution in [0.2, 0.25) is 0 Å². The molecule has 0 heterocycles. The van der Waals surface area contributed by atoms with Crippen molar-refractivity contribution < 1.29 is 23.1 Å². The lowest BCUT2D eigenvalue weighted by Crippen LogP contribution is -2.18. The SMILES string of the molecule is Cc1cc(/C(N)=N/O)ccc1OC(F)(F)F. The van der Waals surface area contributed by atoms with Crippen LogP contribution in [0, 0.1) is 6.92 Å². The molecule has 16 heavy (non-hydrogen) atoms. The van der Waals surface area contributed by atoms with Gasteiger partial charge in [0.15, 0.2) is 5.84 Å². The number of alkyl halides is 3. The van der Waals surface area contributed by atoms with E-state index in [1.165, 1.54) is 19.1 Å². The molecule has 1 aromatic carbocycles. The van der Waals surface area contributed by atoms with Crippen LogP contribution in [0.25, 0.3) is 0 Å². The van der Waals surface area contributed by atoms with Crippen LogP contribution >= 0.6 is 0 Å². The fraction of sp³-hybridized carbons (Fsp3) is 0.222. The molecule has 1 rings (SSSR count). The molecule has 0 unspecified atom stereocenters. The maximum Gasteiger partial charge on any atom is 0.573 e. The highest BCUT2D eigenvalue weighted by molar-refractivity contribution is 5.97. The van der Waals surface area contributed by atoms with Gasteiger partial charge in [-0.15, -0.1) is 13.2 Å². The first-order valence-electron chi connectivity index (χ1n) is 4.18. The zero-order chi connectivity index (χ0) is 12.3. The Labute approximate surface area is 89.1 Å². The van der Waals surface area contributed by atoms with Crippen molar-refractivity contribution in [1.82, 2.24) is 0 Å². The van der Waals surface area contributed by atoms with Crippen LogP contribution in [0.1, 0.15) is 11.1 Å². The molecule has 0 atom stereocenters. The first-order valence-corrected chi connectivity index (χ1v) is 4.18. The van der Waals surface area contributed by atoms with Gasteiger partial charge < -0.3 is 15.7 Å². The van der Waals surface area contributed by atoms with Crippen molar-refractivity contribution in [2.45, 2.75) is 13.3 Å². The molecule has 0 aromatic heterocycles. The van der Waals surface area contributed by atoms with Gasteiger partial charge in [0.05, 0.1) is 0 Å². The van der Waals surface area contributed by atoms with Crippen LogP contribution in [0.15, 0.2) is 23.4 Å². The Morgan fingerprint density at radius 2 is 2.06 bits per heavy atom. The van der Waals surface area contributed by atoms with E-state index in [1.807, 2.05) is 0 Å². The van der Waals surface area contributed by atoms with E-state index in [1.54, 1.807) is 0 Å². The predicted octanol–water partition coefficient (Wildman–Crippen LogP) is 1.99. The number of hydrogen-bond acceptors (Lipinski definition) is 3. The predicted molar refractivity (Wildman–Crippen MR) is 50.4 cm³/mol. The highest BCUT2D eigenvalue weighted by Crippen LogP contribution is 2.26. The fourth-order valence-corrected chi connectivity index (χ4v) is 1.11. The number of nitrogens with zero attached hydrogens (tertiary/aromatic N) is 1. The highest BCUT2D eigenvalue weighted by Gasteiger charge is 2.31. The molecule has 1 aromatic rings. The lowest BCUT2D eigenvalue weighted by molar-refractivity contribution is -0.274. The molecule has 0 saturated heterocycles. The molecule has 88 valence electrons. The fourth-order valence-electron chi connectivity index (χ4n) is 1.11. The van der Waals surface area contributed by atoms with E-state index in [0.29, 0.717) is 5.56 Å². The minimum Gasteiger partial charge on any atom is -0.409 e. The number of hydrogen-bond donors (Lipinski definition) is 2. The summed E-state index contributed by atoms with van der Waals surface area (Å²) in [5, 5.41) is 11.1. The van der Waals surface area contributed by atoms with Crippen LogP contribution in [-0.4, -0.2) is 17.4 Å². The van der Waals surface area contributed by atoms with Gasteiger partial charge in [0, 0.05) is 5.56 Å². The van der Waals surface area contributed by atoms with Gasteiger partial charge in [-0.2, -0.15) is 0 Å². The van der Waals surface area contributed by atoms with Gasteiger partial charge in [0.2, 0.25) is 0 Å². The highest BCUT2D eigenvalue weighted by atomic mass is 19.4. The molecule has 7 heteroatoms. The van der Waals surface area contributed by atoms with Gasteiger partial charge in [-0.05, 0) is 30.7 Å². The lowest BCUT2D eigenvalue weighted by Gasteiger charge is -2.11. The summed E-state index contributed by atoms with van der Waals surface area (Å²) in [5.41, 5.74) is 5.83. The van der Waals surface area contributed by atoms with Crippen molar-refractivity contribution in [2.24, 2.45) is 10.9 Å². The summed E-state index contributed by atoms with van der Waals surface area (Å²) in [6.07, 6.45) is -4.73. The number of halogens is 3. The molecule has 0 aliphatic rings. The first-order chi connectivity index (χ1) is 7.33. The van der Waals surface area contributed by atoms with Crippen molar-refractivity contribution in [2.75, 3.05) is 0 Å². The van der Waals surface area contributed by atoms with Gasteiger partial charge in [-0.1, -0.05) is 5.16 Å². The maximum absolute atomic E-state index is 11.9. The van der Waals surface area contributed by atoms with E-state index in [4.69, 9.17) is 10.9 Å². The molecule has 3 N–H and O–H groups in total. The van der Waals surface area contributed by atoms with Crippen LogP contribution in [-0.2, 0) is 0 Å². The monoisotopic (exact) mass is 234 g/mol. The van der Waals surface area contributed by atoms with Crippen molar-refractivity contribution in [3.05, 3.63) is 29.3 Å². The second-order valence-electron chi connectivity index (χ2n) is 3.01. The number of nitrogens with two attached hydrogens (primary N) is 1. The van der Waals surface area contributed by atoms with Crippen LogP contribution < -0.4 is 10.5 Å². The Morgan fingerprint density at radius 1 is 1.44 bits per heavy atom. The number of benzene rings is 1. The number of ether oxygens (including phenoxy) is 1. The third kappa shape index (κ3) is 3.04. The average Bonchev–Trinajstić information content (AvgIpc) is 2.18. The van der Waals surface area contributed by atoms with Crippen LogP contribution in [0.5, 0.6) is 5.75 Å². The maximum atomic E-state index is 11.9. The lowest BCUT2D eigenvalue weighted by atomic mass is 10.1. The summed E-state index contributed by atoms with van der Waals surface area (Å²) in [4.78, 5) is 0. The van der Waals surface area contributed by atoms with Gasteiger partial charge in [0.25, 0.3) is 0 Å². The summed E-state index contributed by atoms with van der Waals surface area (Å²) in [6.45, 7) is 1.43. The number of aryl methyl sites for hydroxylation is 1. The largest absolute Gasteiger partial charge is 0.573 e.